The molecule has 0 N–H and O–H groups in total. The molecule has 1 aliphatic heterocycles. The maximum absolute atomic E-state index is 13.1. The van der Waals surface area contributed by atoms with E-state index < -0.39 is 0 Å². The first-order chi connectivity index (χ1) is 14.6. The van der Waals surface area contributed by atoms with Crippen molar-refractivity contribution >= 4 is 28.5 Å². The highest BCUT2D eigenvalue weighted by Crippen LogP contribution is 2.30. The molecule has 154 valence electrons. The number of amidine groups is 1. The van der Waals surface area contributed by atoms with E-state index in [2.05, 4.69) is 18.8 Å². The quantitative estimate of drug-likeness (QED) is 0.520. The molecule has 1 amide bonds. The second-order valence-corrected chi connectivity index (χ2v) is 8.34. The standard InChI is InChI=1S/C24H25N3O2S/c1-3-20-16-30-24(26-19-11-9-17(2)10-12-19)27(20)23(28)14-13-22-25-15-21(29-22)18-7-5-4-6-8-18/h4-12,15,20H,3,13-14,16H2,1-2H3. The molecule has 3 aromatic rings. The van der Waals surface area contributed by atoms with Gasteiger partial charge in [0.05, 0.1) is 11.9 Å². The minimum Gasteiger partial charge on any atom is -0.441 e. The molecule has 1 fully saturated rings. The molecule has 0 saturated carbocycles. The van der Waals surface area contributed by atoms with E-state index in [4.69, 9.17) is 9.41 Å². The molecule has 2 heterocycles. The molecular weight excluding hydrogens is 394 g/mol. The van der Waals surface area contributed by atoms with Gasteiger partial charge in [-0.25, -0.2) is 9.98 Å². The normalized spacial score (nSPS) is 17.6. The molecule has 5 nitrogen and oxygen atoms in total. The third-order valence-corrected chi connectivity index (χ3v) is 6.24. The lowest BCUT2D eigenvalue weighted by atomic mass is 10.2. The Hall–Kier alpha value is -2.86. The molecule has 1 saturated heterocycles. The number of aliphatic imine (C=N–C) groups is 1. The van der Waals surface area contributed by atoms with Crippen LogP contribution in [-0.4, -0.2) is 32.8 Å². The highest BCUT2D eigenvalue weighted by atomic mass is 32.2. The van der Waals surface area contributed by atoms with Crippen molar-refractivity contribution in [2.75, 3.05) is 5.75 Å². The van der Waals surface area contributed by atoms with Gasteiger partial charge in [0.1, 0.15) is 0 Å². The van der Waals surface area contributed by atoms with Gasteiger partial charge in [0.2, 0.25) is 5.91 Å². The van der Waals surface area contributed by atoms with Gasteiger partial charge >= 0.3 is 0 Å². The monoisotopic (exact) mass is 419 g/mol. The van der Waals surface area contributed by atoms with Gasteiger partial charge in [-0.05, 0) is 25.5 Å². The van der Waals surface area contributed by atoms with Crippen molar-refractivity contribution < 1.29 is 9.21 Å². The van der Waals surface area contributed by atoms with Crippen LogP contribution in [0, 0.1) is 6.92 Å². The first-order valence-corrected chi connectivity index (χ1v) is 11.2. The Morgan fingerprint density at radius 2 is 1.97 bits per heavy atom. The maximum atomic E-state index is 13.1. The molecule has 0 aliphatic carbocycles. The highest BCUT2D eigenvalue weighted by Gasteiger charge is 2.33. The number of nitrogens with zero attached hydrogens (tertiary/aromatic N) is 3. The van der Waals surface area contributed by atoms with Crippen LogP contribution < -0.4 is 0 Å². The number of thioether (sulfide) groups is 1. The number of amides is 1. The molecule has 4 rings (SSSR count). The lowest BCUT2D eigenvalue weighted by Gasteiger charge is -2.23. The Balaban J connectivity index is 1.45. The summed E-state index contributed by atoms with van der Waals surface area (Å²) >= 11 is 1.65. The maximum Gasteiger partial charge on any atom is 0.229 e. The number of benzene rings is 2. The van der Waals surface area contributed by atoms with E-state index in [0.29, 0.717) is 18.7 Å². The number of oxazole rings is 1. The average molecular weight is 420 g/mol. The van der Waals surface area contributed by atoms with Gasteiger partial charge < -0.3 is 4.42 Å². The number of hydrogen-bond donors (Lipinski definition) is 0. The summed E-state index contributed by atoms with van der Waals surface area (Å²) in [7, 11) is 0. The zero-order valence-electron chi connectivity index (χ0n) is 17.2. The van der Waals surface area contributed by atoms with Crippen LogP contribution in [0.5, 0.6) is 0 Å². The molecule has 0 spiro atoms. The largest absolute Gasteiger partial charge is 0.441 e. The number of aromatic nitrogens is 1. The summed E-state index contributed by atoms with van der Waals surface area (Å²) in [6.07, 6.45) is 3.45. The van der Waals surface area contributed by atoms with Crippen molar-refractivity contribution in [3.05, 3.63) is 72.2 Å². The molecule has 1 aromatic heterocycles. The molecular formula is C24H25N3O2S. The van der Waals surface area contributed by atoms with E-state index in [-0.39, 0.29) is 11.9 Å². The van der Waals surface area contributed by atoms with Gasteiger partial charge in [-0.3, -0.25) is 9.69 Å². The number of aryl methyl sites for hydroxylation is 2. The third kappa shape index (κ3) is 4.65. The lowest BCUT2D eigenvalue weighted by Crippen LogP contribution is -2.39. The smallest absolute Gasteiger partial charge is 0.229 e. The number of rotatable bonds is 6. The van der Waals surface area contributed by atoms with E-state index in [0.717, 1.165) is 34.4 Å². The summed E-state index contributed by atoms with van der Waals surface area (Å²) in [5, 5.41) is 0.785. The van der Waals surface area contributed by atoms with Crippen molar-refractivity contribution in [3.63, 3.8) is 0 Å². The fraction of sp³-hybridized carbons (Fsp3) is 0.292. The molecule has 1 aliphatic rings. The Kier molecular flexibility index (Phi) is 6.33. The fourth-order valence-corrected chi connectivity index (χ4v) is 4.68. The first-order valence-electron chi connectivity index (χ1n) is 10.2. The SMILES string of the molecule is CCC1CSC(=Nc2ccc(C)cc2)N1C(=O)CCc1ncc(-c2ccccc2)o1. The van der Waals surface area contributed by atoms with E-state index in [9.17, 15) is 4.79 Å². The van der Waals surface area contributed by atoms with Crippen LogP contribution in [-0.2, 0) is 11.2 Å². The molecule has 1 atom stereocenters. The summed E-state index contributed by atoms with van der Waals surface area (Å²) in [5.74, 6) is 2.25. The van der Waals surface area contributed by atoms with E-state index in [1.165, 1.54) is 5.56 Å². The van der Waals surface area contributed by atoms with Crippen LogP contribution in [0.1, 0.15) is 31.2 Å². The highest BCUT2D eigenvalue weighted by molar-refractivity contribution is 8.14. The van der Waals surface area contributed by atoms with Crippen LogP contribution in [0.4, 0.5) is 5.69 Å². The van der Waals surface area contributed by atoms with Crippen LogP contribution in [0.25, 0.3) is 11.3 Å². The summed E-state index contributed by atoms with van der Waals surface area (Å²) < 4.78 is 5.85. The zero-order valence-corrected chi connectivity index (χ0v) is 18.1. The summed E-state index contributed by atoms with van der Waals surface area (Å²) in [5.41, 5.74) is 3.05. The average Bonchev–Trinajstić information content (AvgIpc) is 3.41. The van der Waals surface area contributed by atoms with Gasteiger partial charge in [0.25, 0.3) is 0 Å². The van der Waals surface area contributed by atoms with Crippen molar-refractivity contribution in [1.29, 1.82) is 0 Å². The zero-order chi connectivity index (χ0) is 20.9. The molecule has 1 unspecified atom stereocenters. The number of carbonyl (C=O) groups is 1. The van der Waals surface area contributed by atoms with Gasteiger partial charge in [0, 0.05) is 30.2 Å². The predicted molar refractivity (Wildman–Crippen MR) is 122 cm³/mol. The van der Waals surface area contributed by atoms with Crippen molar-refractivity contribution in [3.8, 4) is 11.3 Å². The first kappa shape index (κ1) is 20.4. The van der Waals surface area contributed by atoms with Crippen LogP contribution >= 0.6 is 11.8 Å². The number of carbonyl (C=O) groups excluding carboxylic acids is 1. The predicted octanol–water partition coefficient (Wildman–Crippen LogP) is 5.62. The summed E-state index contributed by atoms with van der Waals surface area (Å²) in [4.78, 5) is 24.0. The van der Waals surface area contributed by atoms with Crippen LogP contribution in [0.15, 0.2) is 70.2 Å². The van der Waals surface area contributed by atoms with E-state index in [1.54, 1.807) is 18.0 Å². The van der Waals surface area contributed by atoms with E-state index >= 15 is 0 Å². The summed E-state index contributed by atoms with van der Waals surface area (Å²) in [6.45, 7) is 4.16. The Labute approximate surface area is 181 Å². The lowest BCUT2D eigenvalue weighted by molar-refractivity contribution is -0.128. The van der Waals surface area contributed by atoms with Gasteiger partial charge in [0.15, 0.2) is 16.8 Å². The second-order valence-electron chi connectivity index (χ2n) is 7.35. The fourth-order valence-electron chi connectivity index (χ4n) is 3.39. The molecule has 30 heavy (non-hydrogen) atoms. The molecule has 0 bridgehead atoms. The van der Waals surface area contributed by atoms with E-state index in [1.807, 2.05) is 59.5 Å². The minimum absolute atomic E-state index is 0.0668. The van der Waals surface area contributed by atoms with Crippen molar-refractivity contribution in [2.24, 2.45) is 4.99 Å². The van der Waals surface area contributed by atoms with Crippen molar-refractivity contribution in [1.82, 2.24) is 9.88 Å². The third-order valence-electron chi connectivity index (χ3n) is 5.14. The topological polar surface area (TPSA) is 58.7 Å². The van der Waals surface area contributed by atoms with Gasteiger partial charge in [-0.15, -0.1) is 0 Å². The Morgan fingerprint density at radius 1 is 1.20 bits per heavy atom. The van der Waals surface area contributed by atoms with Gasteiger partial charge in [-0.2, -0.15) is 0 Å². The Morgan fingerprint density at radius 3 is 2.70 bits per heavy atom. The molecule has 6 heteroatoms. The molecule has 0 radical (unpaired) electrons. The van der Waals surface area contributed by atoms with Crippen LogP contribution in [0.3, 0.4) is 0 Å². The molecule has 2 aromatic carbocycles. The minimum atomic E-state index is 0.0668. The second kappa shape index (κ2) is 9.30. The van der Waals surface area contributed by atoms with Crippen LogP contribution in [0.2, 0.25) is 0 Å². The Bertz CT molecular complexity index is 1030. The summed E-state index contributed by atoms with van der Waals surface area (Å²) in [6, 6.07) is 18.1. The van der Waals surface area contributed by atoms with Gasteiger partial charge in [-0.1, -0.05) is 66.7 Å². The number of hydrogen-bond acceptors (Lipinski definition) is 5. The van der Waals surface area contributed by atoms with Crippen molar-refractivity contribution in [2.45, 2.75) is 39.2 Å².